The van der Waals surface area contributed by atoms with Crippen LogP contribution < -0.4 is 0 Å². The van der Waals surface area contributed by atoms with Gasteiger partial charge in [-0.05, 0) is 23.3 Å². The Kier molecular flexibility index (Phi) is 5.26. The second-order valence-electron chi connectivity index (χ2n) is 7.94. The maximum Gasteiger partial charge on any atom is 0.278 e. The molecule has 2 aromatic heterocycles. The van der Waals surface area contributed by atoms with Crippen LogP contribution in [0.2, 0.25) is 0 Å². The smallest absolute Gasteiger partial charge is 0.278 e. The summed E-state index contributed by atoms with van der Waals surface area (Å²) in [6, 6.07) is 16.0. The Balaban J connectivity index is 1.35. The monoisotopic (exact) mass is 431 g/mol. The van der Waals surface area contributed by atoms with Crippen molar-refractivity contribution < 1.29 is 13.7 Å². The van der Waals surface area contributed by atoms with E-state index in [4.69, 9.17) is 4.52 Å². The Hall–Kier alpha value is -3.81. The van der Waals surface area contributed by atoms with Crippen molar-refractivity contribution in [2.24, 2.45) is 7.05 Å². The fraction of sp³-hybridized carbons (Fsp3) is 0.250. The molecule has 32 heavy (non-hydrogen) atoms. The Morgan fingerprint density at radius 2 is 1.88 bits per heavy atom. The summed E-state index contributed by atoms with van der Waals surface area (Å²) in [5.41, 5.74) is 4.50. The number of benzene rings is 2. The van der Waals surface area contributed by atoms with Gasteiger partial charge in [0.1, 0.15) is 5.82 Å². The van der Waals surface area contributed by atoms with E-state index in [1.54, 1.807) is 17.0 Å². The van der Waals surface area contributed by atoms with Crippen molar-refractivity contribution in [1.29, 1.82) is 0 Å². The van der Waals surface area contributed by atoms with E-state index in [9.17, 15) is 9.18 Å². The molecular weight excluding hydrogens is 409 g/mol. The van der Waals surface area contributed by atoms with Crippen LogP contribution in [-0.4, -0.2) is 37.3 Å². The van der Waals surface area contributed by atoms with Gasteiger partial charge in [0.15, 0.2) is 11.5 Å². The first-order valence-corrected chi connectivity index (χ1v) is 10.5. The Morgan fingerprint density at radius 1 is 1.09 bits per heavy atom. The number of aryl methyl sites for hydroxylation is 1. The first-order chi connectivity index (χ1) is 15.6. The van der Waals surface area contributed by atoms with E-state index in [1.807, 2.05) is 42.1 Å². The number of nitrogens with zero attached hydrogens (tertiary/aromatic N) is 5. The molecule has 0 radical (unpaired) electrons. The van der Waals surface area contributed by atoms with Crippen molar-refractivity contribution in [3.05, 3.63) is 88.6 Å². The zero-order chi connectivity index (χ0) is 22.1. The molecule has 5 rings (SSSR count). The summed E-state index contributed by atoms with van der Waals surface area (Å²) in [5, 5.41) is 8.73. The molecule has 162 valence electrons. The molecule has 1 amide bonds. The largest absolute Gasteiger partial charge is 0.338 e. The van der Waals surface area contributed by atoms with Gasteiger partial charge in [0.25, 0.3) is 5.89 Å². The normalized spacial score (nSPS) is 13.2. The molecule has 0 fully saturated rings. The highest BCUT2D eigenvalue weighted by atomic mass is 19.1. The third-order valence-corrected chi connectivity index (χ3v) is 5.74. The number of hydrogen-bond acceptors (Lipinski definition) is 5. The van der Waals surface area contributed by atoms with Gasteiger partial charge in [-0.25, -0.2) is 4.39 Å². The average molecular weight is 431 g/mol. The second kappa shape index (κ2) is 8.37. The van der Waals surface area contributed by atoms with Gasteiger partial charge in [-0.1, -0.05) is 47.6 Å². The van der Waals surface area contributed by atoms with Crippen molar-refractivity contribution in [2.75, 3.05) is 6.54 Å². The van der Waals surface area contributed by atoms with E-state index in [2.05, 4.69) is 15.2 Å². The summed E-state index contributed by atoms with van der Waals surface area (Å²) in [6.07, 6.45) is 1.49. The Labute approximate surface area is 184 Å². The number of amides is 1. The average Bonchev–Trinajstić information content (AvgIpc) is 3.40. The zero-order valence-corrected chi connectivity index (χ0v) is 17.7. The molecule has 0 unspecified atom stereocenters. The van der Waals surface area contributed by atoms with Crippen LogP contribution in [0.25, 0.3) is 11.6 Å². The predicted octanol–water partition coefficient (Wildman–Crippen LogP) is 3.33. The molecular formula is C24H22FN5O2. The molecule has 0 bridgehead atoms. The second-order valence-corrected chi connectivity index (χ2v) is 7.94. The molecule has 0 atom stereocenters. The van der Waals surface area contributed by atoms with Crippen molar-refractivity contribution >= 4 is 5.91 Å². The van der Waals surface area contributed by atoms with Gasteiger partial charge in [-0.2, -0.15) is 10.1 Å². The van der Waals surface area contributed by atoms with Crippen molar-refractivity contribution in [3.63, 3.8) is 0 Å². The predicted molar refractivity (Wildman–Crippen MR) is 115 cm³/mol. The van der Waals surface area contributed by atoms with E-state index < -0.39 is 0 Å². The molecule has 0 N–H and O–H groups in total. The third-order valence-electron chi connectivity index (χ3n) is 5.74. The van der Waals surface area contributed by atoms with E-state index in [0.29, 0.717) is 43.3 Å². The summed E-state index contributed by atoms with van der Waals surface area (Å²) in [4.78, 5) is 19.2. The number of aromatic nitrogens is 4. The van der Waals surface area contributed by atoms with Crippen LogP contribution in [0.5, 0.6) is 0 Å². The molecule has 1 aliphatic heterocycles. The maximum atomic E-state index is 13.2. The number of halogens is 1. The number of carbonyl (C=O) groups excluding carboxylic acids is 1. The third kappa shape index (κ3) is 4.03. The minimum atomic E-state index is -0.310. The topological polar surface area (TPSA) is 77.1 Å². The molecule has 0 spiro atoms. The van der Waals surface area contributed by atoms with Gasteiger partial charge in [0, 0.05) is 44.2 Å². The van der Waals surface area contributed by atoms with Crippen LogP contribution >= 0.6 is 0 Å². The lowest BCUT2D eigenvalue weighted by Gasteiger charge is -2.27. The lowest BCUT2D eigenvalue weighted by atomic mass is 10.0. The minimum Gasteiger partial charge on any atom is -0.338 e. The Morgan fingerprint density at radius 3 is 2.66 bits per heavy atom. The summed E-state index contributed by atoms with van der Waals surface area (Å²) in [6.45, 7) is 1.03. The van der Waals surface area contributed by atoms with E-state index in [-0.39, 0.29) is 18.1 Å². The highest BCUT2D eigenvalue weighted by molar-refractivity contribution is 5.79. The quantitative estimate of drug-likeness (QED) is 0.485. The van der Waals surface area contributed by atoms with Gasteiger partial charge in [-0.3, -0.25) is 9.48 Å². The molecule has 1 aliphatic rings. The highest BCUT2D eigenvalue weighted by Crippen LogP contribution is 2.29. The lowest BCUT2D eigenvalue weighted by Crippen LogP contribution is -2.37. The van der Waals surface area contributed by atoms with Crippen molar-refractivity contribution in [2.45, 2.75) is 25.8 Å². The number of fused-ring (bicyclic) bond motifs is 1. The minimum absolute atomic E-state index is 0.00708. The summed E-state index contributed by atoms with van der Waals surface area (Å²) in [5.74, 6) is 0.633. The fourth-order valence-electron chi connectivity index (χ4n) is 4.07. The number of rotatable bonds is 5. The molecule has 0 aliphatic carbocycles. The highest BCUT2D eigenvalue weighted by Gasteiger charge is 2.29. The molecule has 8 heteroatoms. The standard InChI is InChI=1S/C24H22FN5O2/c1-29-20-11-12-30(22(31)14-17-7-9-18(25)10-8-17)15-19(20)23(27-29)24-26-21(28-32-24)13-16-5-3-2-4-6-16/h2-10H,11-15H2,1H3. The molecule has 0 saturated heterocycles. The van der Waals surface area contributed by atoms with Gasteiger partial charge in [0.05, 0.1) is 6.42 Å². The van der Waals surface area contributed by atoms with Crippen LogP contribution in [-0.2, 0) is 37.6 Å². The van der Waals surface area contributed by atoms with Crippen LogP contribution in [0.15, 0.2) is 59.1 Å². The number of hydrogen-bond donors (Lipinski definition) is 0. The van der Waals surface area contributed by atoms with E-state index >= 15 is 0 Å². The molecule has 3 heterocycles. The molecule has 4 aromatic rings. The van der Waals surface area contributed by atoms with Crippen LogP contribution in [0.3, 0.4) is 0 Å². The summed E-state index contributed by atoms with van der Waals surface area (Å²) >= 11 is 0. The number of carbonyl (C=O) groups is 1. The molecule has 2 aromatic carbocycles. The van der Waals surface area contributed by atoms with Gasteiger partial charge in [0.2, 0.25) is 5.91 Å². The Bertz CT molecular complexity index is 1250. The summed E-state index contributed by atoms with van der Waals surface area (Å²) < 4.78 is 20.5. The van der Waals surface area contributed by atoms with Crippen LogP contribution in [0.1, 0.15) is 28.2 Å². The SMILES string of the molecule is Cn1nc(-c2nc(Cc3ccccc3)no2)c2c1CCN(C(=O)Cc1ccc(F)cc1)C2. The maximum absolute atomic E-state index is 13.2. The summed E-state index contributed by atoms with van der Waals surface area (Å²) in [7, 11) is 1.89. The first-order valence-electron chi connectivity index (χ1n) is 10.5. The molecule has 0 saturated carbocycles. The first kappa shape index (κ1) is 20.1. The fourth-order valence-corrected chi connectivity index (χ4v) is 4.07. The van der Waals surface area contributed by atoms with Gasteiger partial charge >= 0.3 is 0 Å². The van der Waals surface area contributed by atoms with Crippen LogP contribution in [0.4, 0.5) is 4.39 Å². The molecule has 7 nitrogen and oxygen atoms in total. The van der Waals surface area contributed by atoms with Crippen molar-refractivity contribution in [1.82, 2.24) is 24.8 Å². The van der Waals surface area contributed by atoms with Crippen molar-refractivity contribution in [3.8, 4) is 11.6 Å². The lowest BCUT2D eigenvalue weighted by molar-refractivity contribution is -0.131. The van der Waals surface area contributed by atoms with Crippen LogP contribution in [0, 0.1) is 5.82 Å². The van der Waals surface area contributed by atoms with Gasteiger partial charge < -0.3 is 9.42 Å². The van der Waals surface area contributed by atoms with E-state index in [1.165, 1.54) is 12.1 Å². The zero-order valence-electron chi connectivity index (χ0n) is 17.7. The van der Waals surface area contributed by atoms with Gasteiger partial charge in [-0.15, -0.1) is 0 Å². The van der Waals surface area contributed by atoms with E-state index in [0.717, 1.165) is 22.4 Å².